The highest BCUT2D eigenvalue weighted by atomic mass is 79.9. The summed E-state index contributed by atoms with van der Waals surface area (Å²) >= 11 is 16.0. The van der Waals surface area contributed by atoms with Crippen LogP contribution in [0.25, 0.3) is 6.08 Å². The molecule has 8 heteroatoms. The van der Waals surface area contributed by atoms with Gasteiger partial charge in [-0.05, 0) is 64.0 Å². The Balaban J connectivity index is 1.92. The average molecular weight is 495 g/mol. The molecule has 1 aliphatic rings. The van der Waals surface area contributed by atoms with Gasteiger partial charge in [-0.15, -0.1) is 6.42 Å². The number of thiocarbonyl (C=S) groups is 1. The molecule has 1 saturated heterocycles. The van der Waals surface area contributed by atoms with Crippen molar-refractivity contribution >= 4 is 73.5 Å². The third-order valence-corrected chi connectivity index (χ3v) is 5.87. The summed E-state index contributed by atoms with van der Waals surface area (Å²) < 4.78 is 12.0. The second-order valence-corrected chi connectivity index (χ2v) is 8.49. The van der Waals surface area contributed by atoms with Gasteiger partial charge in [-0.1, -0.05) is 41.5 Å². The van der Waals surface area contributed by atoms with Crippen LogP contribution in [-0.2, 0) is 4.79 Å². The number of amides is 1. The average Bonchev–Trinajstić information content (AvgIpc) is 2.94. The monoisotopic (exact) mass is 493 g/mol. The number of hydrogen-bond donors (Lipinski definition) is 0. The van der Waals surface area contributed by atoms with Crippen molar-refractivity contribution in [2.24, 2.45) is 0 Å². The molecule has 0 N–H and O–H groups in total. The zero-order chi connectivity index (χ0) is 20.3. The molecule has 1 amide bonds. The van der Waals surface area contributed by atoms with E-state index in [-0.39, 0.29) is 12.5 Å². The Morgan fingerprint density at radius 2 is 2.07 bits per heavy atom. The molecule has 0 atom stereocenters. The first-order valence-electron chi connectivity index (χ1n) is 7.92. The number of anilines is 1. The van der Waals surface area contributed by atoms with Crippen LogP contribution in [0.4, 0.5) is 5.69 Å². The van der Waals surface area contributed by atoms with E-state index in [1.54, 1.807) is 36.4 Å². The highest BCUT2D eigenvalue weighted by Gasteiger charge is 2.33. The minimum Gasteiger partial charge on any atom is -0.493 e. The van der Waals surface area contributed by atoms with Crippen molar-refractivity contribution in [1.29, 1.82) is 0 Å². The standard InChI is InChI=1S/C20H13BrClNO3S2/c1-3-8-26-18-15(21)9-12(10-16(18)25-2)11-17-19(24)23(20(27)28-17)14-6-4-13(22)5-7-14/h1,4-7,9-11H,8H2,2H3/b17-11+. The number of benzene rings is 2. The van der Waals surface area contributed by atoms with Crippen LogP contribution < -0.4 is 14.4 Å². The first-order chi connectivity index (χ1) is 13.4. The molecular formula is C20H13BrClNO3S2. The molecule has 4 nitrogen and oxygen atoms in total. The second kappa shape index (κ2) is 9.01. The number of terminal acetylenes is 1. The maximum atomic E-state index is 12.9. The van der Waals surface area contributed by atoms with E-state index in [4.69, 9.17) is 39.7 Å². The number of hydrogen-bond acceptors (Lipinski definition) is 5. The van der Waals surface area contributed by atoms with E-state index in [0.29, 0.717) is 35.9 Å². The Morgan fingerprint density at radius 1 is 1.36 bits per heavy atom. The molecular weight excluding hydrogens is 482 g/mol. The SMILES string of the molecule is C#CCOc1c(Br)cc(/C=C2/SC(=S)N(c3ccc(Cl)cc3)C2=O)cc1OC. The van der Waals surface area contributed by atoms with Crippen molar-refractivity contribution in [1.82, 2.24) is 0 Å². The van der Waals surface area contributed by atoms with Crippen LogP contribution in [0.3, 0.4) is 0 Å². The van der Waals surface area contributed by atoms with Gasteiger partial charge in [0.1, 0.15) is 6.61 Å². The quantitative estimate of drug-likeness (QED) is 0.310. The molecule has 1 heterocycles. The fourth-order valence-electron chi connectivity index (χ4n) is 2.51. The topological polar surface area (TPSA) is 38.8 Å². The van der Waals surface area contributed by atoms with E-state index in [2.05, 4.69) is 21.9 Å². The molecule has 2 aromatic rings. The van der Waals surface area contributed by atoms with Crippen molar-refractivity contribution in [3.05, 3.63) is 56.4 Å². The third-order valence-electron chi connectivity index (χ3n) is 3.73. The number of halogens is 2. The fourth-order valence-corrected chi connectivity index (χ4v) is 4.51. The lowest BCUT2D eigenvalue weighted by atomic mass is 10.1. The zero-order valence-corrected chi connectivity index (χ0v) is 18.5. The van der Waals surface area contributed by atoms with Crippen LogP contribution in [0.1, 0.15) is 5.56 Å². The van der Waals surface area contributed by atoms with Crippen molar-refractivity contribution in [2.75, 3.05) is 18.6 Å². The summed E-state index contributed by atoms with van der Waals surface area (Å²) in [7, 11) is 1.54. The zero-order valence-electron chi connectivity index (χ0n) is 14.6. The molecule has 0 radical (unpaired) electrons. The molecule has 28 heavy (non-hydrogen) atoms. The number of nitrogens with zero attached hydrogens (tertiary/aromatic N) is 1. The lowest BCUT2D eigenvalue weighted by molar-refractivity contribution is -0.113. The summed E-state index contributed by atoms with van der Waals surface area (Å²) in [4.78, 5) is 14.9. The maximum absolute atomic E-state index is 12.9. The van der Waals surface area contributed by atoms with Gasteiger partial charge >= 0.3 is 0 Å². The van der Waals surface area contributed by atoms with E-state index in [9.17, 15) is 4.79 Å². The number of ether oxygens (including phenoxy) is 2. The van der Waals surface area contributed by atoms with Gasteiger partial charge in [0.15, 0.2) is 15.8 Å². The molecule has 0 spiro atoms. The molecule has 1 aliphatic heterocycles. The van der Waals surface area contributed by atoms with Crippen molar-refractivity contribution in [3.8, 4) is 23.8 Å². The lowest BCUT2D eigenvalue weighted by Crippen LogP contribution is -2.27. The van der Waals surface area contributed by atoms with Crippen LogP contribution in [0.2, 0.25) is 5.02 Å². The van der Waals surface area contributed by atoms with Gasteiger partial charge in [-0.2, -0.15) is 0 Å². The Labute approximate surface area is 186 Å². The number of carbonyl (C=O) groups is 1. The predicted octanol–water partition coefficient (Wildman–Crippen LogP) is 5.53. The normalized spacial score (nSPS) is 15.1. The summed E-state index contributed by atoms with van der Waals surface area (Å²) in [5, 5.41) is 0.592. The molecule has 1 fully saturated rings. The second-order valence-electron chi connectivity index (χ2n) is 5.52. The van der Waals surface area contributed by atoms with Gasteiger partial charge < -0.3 is 9.47 Å². The summed E-state index contributed by atoms with van der Waals surface area (Å²) in [5.74, 6) is 3.23. The van der Waals surface area contributed by atoms with Crippen LogP contribution >= 0.6 is 51.5 Å². The van der Waals surface area contributed by atoms with Crippen LogP contribution in [0.15, 0.2) is 45.8 Å². The van der Waals surface area contributed by atoms with E-state index in [0.717, 1.165) is 5.56 Å². The summed E-state index contributed by atoms with van der Waals surface area (Å²) in [6, 6.07) is 10.5. The van der Waals surface area contributed by atoms with Crippen molar-refractivity contribution in [3.63, 3.8) is 0 Å². The maximum Gasteiger partial charge on any atom is 0.270 e. The Morgan fingerprint density at radius 3 is 2.71 bits per heavy atom. The van der Waals surface area contributed by atoms with Crippen LogP contribution in [0.5, 0.6) is 11.5 Å². The van der Waals surface area contributed by atoms with Crippen LogP contribution in [-0.4, -0.2) is 23.9 Å². The van der Waals surface area contributed by atoms with Crippen molar-refractivity contribution in [2.45, 2.75) is 0 Å². The van der Waals surface area contributed by atoms with Crippen LogP contribution in [0, 0.1) is 12.3 Å². The molecule has 0 bridgehead atoms. The first kappa shape index (κ1) is 20.7. The number of carbonyl (C=O) groups excluding carboxylic acids is 1. The van der Waals surface area contributed by atoms with Gasteiger partial charge in [0.25, 0.3) is 5.91 Å². The van der Waals surface area contributed by atoms with Crippen molar-refractivity contribution < 1.29 is 14.3 Å². The van der Waals surface area contributed by atoms with Gasteiger partial charge in [-0.3, -0.25) is 9.69 Å². The minimum atomic E-state index is -0.194. The Bertz CT molecular complexity index is 1020. The molecule has 2 aromatic carbocycles. The van der Waals surface area contributed by atoms with E-state index in [1.165, 1.54) is 23.8 Å². The highest BCUT2D eigenvalue weighted by molar-refractivity contribution is 9.10. The molecule has 0 aromatic heterocycles. The van der Waals surface area contributed by atoms with E-state index >= 15 is 0 Å². The first-order valence-corrected chi connectivity index (χ1v) is 10.3. The van der Waals surface area contributed by atoms with E-state index < -0.39 is 0 Å². The molecule has 3 rings (SSSR count). The number of thioether (sulfide) groups is 1. The summed E-state index contributed by atoms with van der Waals surface area (Å²) in [6.45, 7) is 0.119. The third kappa shape index (κ3) is 4.36. The summed E-state index contributed by atoms with van der Waals surface area (Å²) in [6.07, 6.45) is 7.01. The molecule has 0 aliphatic carbocycles. The smallest absolute Gasteiger partial charge is 0.270 e. The highest BCUT2D eigenvalue weighted by Crippen LogP contribution is 2.40. The van der Waals surface area contributed by atoms with Gasteiger partial charge in [-0.25, -0.2) is 0 Å². The summed E-state index contributed by atoms with van der Waals surface area (Å²) in [5.41, 5.74) is 1.43. The number of methoxy groups -OCH3 is 1. The lowest BCUT2D eigenvalue weighted by Gasteiger charge is -2.14. The van der Waals surface area contributed by atoms with Gasteiger partial charge in [0.05, 0.1) is 22.2 Å². The molecule has 0 saturated carbocycles. The Hall–Kier alpha value is -1.98. The predicted molar refractivity (Wildman–Crippen MR) is 122 cm³/mol. The van der Waals surface area contributed by atoms with Gasteiger partial charge in [0.2, 0.25) is 0 Å². The number of rotatable bonds is 5. The van der Waals surface area contributed by atoms with E-state index in [1.807, 2.05) is 6.07 Å². The fraction of sp³-hybridized carbons (Fsp3) is 0.100. The van der Waals surface area contributed by atoms with Gasteiger partial charge in [0, 0.05) is 5.02 Å². The minimum absolute atomic E-state index is 0.119. The largest absolute Gasteiger partial charge is 0.493 e. The molecule has 142 valence electrons. The molecule has 0 unspecified atom stereocenters. The Kier molecular flexibility index (Phi) is 6.68.